The molecular formula is C36H40F6O. The molecule has 7 heteroatoms. The molecule has 0 N–H and O–H groups in total. The first-order valence-corrected chi connectivity index (χ1v) is 15.7. The van der Waals surface area contributed by atoms with E-state index in [1.807, 2.05) is 12.1 Å². The number of unbranched alkanes of at least 4 members (excludes halogenated alkanes) is 2. The third-order valence-electron chi connectivity index (χ3n) is 9.58. The average molecular weight is 603 g/mol. The molecule has 1 nitrogen and oxygen atoms in total. The van der Waals surface area contributed by atoms with Gasteiger partial charge in [-0.15, -0.1) is 0 Å². The number of ether oxygens (including phenoxy) is 1. The summed E-state index contributed by atoms with van der Waals surface area (Å²) < 4.78 is 92.3. The number of rotatable bonds is 10. The standard InChI is InChI=1S/C36H40F6O/c1-2-3-4-5-23-6-8-27(9-7-23)29-21-33(39)35(34(40)22-29)36(41,42)43-30-17-14-25(15-18-30)24-10-12-26(13-11-24)28-16-19-31(37)32(38)20-28/h6-9,16,19-22,24-26,30H,2-5,10-15,17-18H2,1H3. The van der Waals surface area contributed by atoms with Crippen molar-refractivity contribution in [3.05, 3.63) is 94.6 Å². The Balaban J connectivity index is 1.14. The molecule has 2 fully saturated rings. The topological polar surface area (TPSA) is 9.23 Å². The number of benzene rings is 3. The molecule has 3 aromatic rings. The van der Waals surface area contributed by atoms with E-state index in [2.05, 4.69) is 6.92 Å². The molecule has 0 heterocycles. The summed E-state index contributed by atoms with van der Waals surface area (Å²) >= 11 is 0. The second-order valence-electron chi connectivity index (χ2n) is 12.4. The number of aryl methyl sites for hydroxylation is 1. The molecule has 5 rings (SSSR count). The van der Waals surface area contributed by atoms with Crippen molar-refractivity contribution in [2.45, 2.75) is 102 Å². The van der Waals surface area contributed by atoms with Crippen LogP contribution in [0, 0.1) is 35.1 Å². The summed E-state index contributed by atoms with van der Waals surface area (Å²) in [6, 6.07) is 13.3. The van der Waals surface area contributed by atoms with Crippen molar-refractivity contribution in [3.8, 4) is 11.1 Å². The maximum absolute atomic E-state index is 15.2. The molecule has 3 aromatic carbocycles. The zero-order chi connectivity index (χ0) is 30.6. The maximum atomic E-state index is 15.2. The summed E-state index contributed by atoms with van der Waals surface area (Å²) in [5.41, 5.74) is 1.36. The van der Waals surface area contributed by atoms with Crippen molar-refractivity contribution in [3.63, 3.8) is 0 Å². The Morgan fingerprint density at radius 3 is 1.84 bits per heavy atom. The molecule has 2 saturated carbocycles. The SMILES string of the molecule is CCCCCc1ccc(-c2cc(F)c(C(F)(F)OC3CCC(C4CCC(c5ccc(F)c(F)c5)CC4)CC3)c(F)c2)cc1. The predicted octanol–water partition coefficient (Wildman–Crippen LogP) is 11.2. The fraction of sp³-hybridized carbons (Fsp3) is 0.500. The van der Waals surface area contributed by atoms with Crippen molar-refractivity contribution in [2.24, 2.45) is 11.8 Å². The van der Waals surface area contributed by atoms with Crippen LogP contribution in [0.1, 0.15) is 100 Å². The van der Waals surface area contributed by atoms with E-state index in [1.165, 1.54) is 12.1 Å². The molecular weight excluding hydrogens is 562 g/mol. The van der Waals surface area contributed by atoms with Crippen LogP contribution in [0.15, 0.2) is 54.6 Å². The summed E-state index contributed by atoms with van der Waals surface area (Å²) in [6.07, 6.45) is 5.21. The van der Waals surface area contributed by atoms with Crippen LogP contribution >= 0.6 is 0 Å². The number of hydrogen-bond donors (Lipinski definition) is 0. The Labute approximate surface area is 250 Å². The summed E-state index contributed by atoms with van der Waals surface area (Å²) in [5, 5.41) is 0. The molecule has 43 heavy (non-hydrogen) atoms. The quantitative estimate of drug-likeness (QED) is 0.166. The van der Waals surface area contributed by atoms with E-state index >= 15 is 8.78 Å². The Morgan fingerprint density at radius 2 is 1.26 bits per heavy atom. The van der Waals surface area contributed by atoms with Gasteiger partial charge in [0.25, 0.3) is 0 Å². The molecule has 232 valence electrons. The Bertz CT molecular complexity index is 1330. The second kappa shape index (κ2) is 13.9. The number of halogens is 6. The molecule has 0 aliphatic heterocycles. The molecule has 0 bridgehead atoms. The first-order valence-electron chi connectivity index (χ1n) is 15.7. The van der Waals surface area contributed by atoms with Crippen LogP contribution < -0.4 is 0 Å². The van der Waals surface area contributed by atoms with Crippen molar-refractivity contribution in [1.29, 1.82) is 0 Å². The van der Waals surface area contributed by atoms with Crippen LogP contribution in [-0.2, 0) is 17.3 Å². The highest BCUT2D eigenvalue weighted by Gasteiger charge is 2.43. The van der Waals surface area contributed by atoms with Crippen LogP contribution in [-0.4, -0.2) is 6.10 Å². The van der Waals surface area contributed by atoms with Gasteiger partial charge in [-0.1, -0.05) is 50.1 Å². The largest absolute Gasteiger partial charge is 0.389 e. The van der Waals surface area contributed by atoms with Gasteiger partial charge >= 0.3 is 6.11 Å². The van der Waals surface area contributed by atoms with Crippen LogP contribution in [0.5, 0.6) is 0 Å². The minimum atomic E-state index is -4.09. The fourth-order valence-electron chi connectivity index (χ4n) is 7.10. The van der Waals surface area contributed by atoms with Crippen molar-refractivity contribution in [2.75, 3.05) is 0 Å². The highest BCUT2D eigenvalue weighted by molar-refractivity contribution is 5.64. The van der Waals surface area contributed by atoms with Crippen molar-refractivity contribution >= 4 is 0 Å². The van der Waals surface area contributed by atoms with E-state index in [0.29, 0.717) is 43.1 Å². The monoisotopic (exact) mass is 602 g/mol. The lowest BCUT2D eigenvalue weighted by Crippen LogP contribution is -2.33. The summed E-state index contributed by atoms with van der Waals surface area (Å²) in [6.45, 7) is 2.13. The van der Waals surface area contributed by atoms with Gasteiger partial charge in [0.2, 0.25) is 0 Å². The lowest BCUT2D eigenvalue weighted by Gasteiger charge is -2.38. The first kappa shape index (κ1) is 31.6. The molecule has 0 amide bonds. The van der Waals surface area contributed by atoms with E-state index in [9.17, 15) is 17.6 Å². The summed E-state index contributed by atoms with van der Waals surface area (Å²) in [5.74, 6) is -3.31. The van der Waals surface area contributed by atoms with E-state index in [-0.39, 0.29) is 11.5 Å². The van der Waals surface area contributed by atoms with Gasteiger partial charge in [0, 0.05) is 0 Å². The van der Waals surface area contributed by atoms with E-state index in [4.69, 9.17) is 4.74 Å². The smallest absolute Gasteiger partial charge is 0.313 e. The molecule has 0 unspecified atom stereocenters. The van der Waals surface area contributed by atoms with Gasteiger partial charge in [0.15, 0.2) is 11.6 Å². The molecule has 2 aliphatic rings. The third-order valence-corrected chi connectivity index (χ3v) is 9.58. The van der Waals surface area contributed by atoms with Crippen LogP contribution in [0.25, 0.3) is 11.1 Å². The zero-order valence-electron chi connectivity index (χ0n) is 24.7. The molecule has 2 aliphatic carbocycles. The lowest BCUT2D eigenvalue weighted by molar-refractivity contribution is -0.281. The summed E-state index contributed by atoms with van der Waals surface area (Å²) in [7, 11) is 0. The van der Waals surface area contributed by atoms with E-state index in [1.54, 1.807) is 18.2 Å². The van der Waals surface area contributed by atoms with Gasteiger partial charge in [0.05, 0.1) is 6.10 Å². The highest BCUT2D eigenvalue weighted by Crippen LogP contribution is 2.45. The molecule has 0 aromatic heterocycles. The lowest BCUT2D eigenvalue weighted by atomic mass is 9.69. The van der Waals surface area contributed by atoms with Crippen molar-refractivity contribution in [1.82, 2.24) is 0 Å². The number of alkyl halides is 2. The Hall–Kier alpha value is -2.80. The van der Waals surface area contributed by atoms with Crippen LogP contribution in [0.2, 0.25) is 0 Å². The van der Waals surface area contributed by atoms with Gasteiger partial charge in [-0.25, -0.2) is 17.6 Å². The zero-order valence-corrected chi connectivity index (χ0v) is 24.7. The fourth-order valence-corrected chi connectivity index (χ4v) is 7.10. The summed E-state index contributed by atoms with van der Waals surface area (Å²) in [4.78, 5) is 0. The average Bonchev–Trinajstić information content (AvgIpc) is 2.99. The van der Waals surface area contributed by atoms with Gasteiger partial charge < -0.3 is 4.74 Å². The van der Waals surface area contributed by atoms with E-state index < -0.39 is 41.0 Å². The normalized spacial score (nSPS) is 23.0. The highest BCUT2D eigenvalue weighted by atomic mass is 19.3. The van der Waals surface area contributed by atoms with E-state index in [0.717, 1.165) is 74.6 Å². The van der Waals surface area contributed by atoms with Gasteiger partial charge in [-0.3, -0.25) is 0 Å². The van der Waals surface area contributed by atoms with Crippen LogP contribution in [0.3, 0.4) is 0 Å². The Morgan fingerprint density at radius 1 is 0.651 bits per heavy atom. The molecule has 0 radical (unpaired) electrons. The second-order valence-corrected chi connectivity index (χ2v) is 12.4. The third kappa shape index (κ3) is 7.65. The maximum Gasteiger partial charge on any atom is 0.389 e. The minimum absolute atomic E-state index is 0.191. The van der Waals surface area contributed by atoms with Crippen LogP contribution in [0.4, 0.5) is 26.3 Å². The molecule has 0 spiro atoms. The predicted molar refractivity (Wildman–Crippen MR) is 157 cm³/mol. The minimum Gasteiger partial charge on any atom is -0.313 e. The van der Waals surface area contributed by atoms with Gasteiger partial charge in [0.1, 0.15) is 17.2 Å². The molecule has 0 saturated heterocycles. The number of hydrogen-bond acceptors (Lipinski definition) is 1. The van der Waals surface area contributed by atoms with Gasteiger partial charge in [-0.05, 0) is 128 Å². The van der Waals surface area contributed by atoms with Gasteiger partial charge in [-0.2, -0.15) is 8.78 Å². The van der Waals surface area contributed by atoms with Crippen molar-refractivity contribution < 1.29 is 31.1 Å². The first-order chi connectivity index (χ1) is 20.6. The Kier molecular flexibility index (Phi) is 10.2. The molecule has 0 atom stereocenters.